The Morgan fingerprint density at radius 2 is 1.59 bits per heavy atom. The lowest BCUT2D eigenvalue weighted by Gasteiger charge is -2.17. The van der Waals surface area contributed by atoms with Crippen LogP contribution in [0.25, 0.3) is 0 Å². The second-order valence-electron chi connectivity index (χ2n) is 6.29. The highest BCUT2D eigenvalue weighted by atomic mass is 35.5. The van der Waals surface area contributed by atoms with E-state index in [9.17, 15) is 4.39 Å². The highest BCUT2D eigenvalue weighted by Crippen LogP contribution is 2.32. The lowest BCUT2D eigenvalue weighted by atomic mass is 10.1. The van der Waals surface area contributed by atoms with Crippen molar-refractivity contribution in [3.8, 4) is 11.5 Å². The van der Waals surface area contributed by atoms with Crippen LogP contribution in [-0.2, 0) is 19.7 Å². The molecule has 0 radical (unpaired) electrons. The number of nitrogens with one attached hydrogen (secondary N) is 1. The molecule has 154 valence electrons. The standard InChI is InChI=1S/C23H23ClFNO2.ClH/c1-2-27-22-9-5-7-18(15-26-14-17-10-12-20(25)13-11-17)23(22)28-16-19-6-3-4-8-21(19)24;/h3-13,26H,2,14-16H2,1H3;1H. The third-order valence-electron chi connectivity index (χ3n) is 4.25. The van der Waals surface area contributed by atoms with E-state index >= 15 is 0 Å². The summed E-state index contributed by atoms with van der Waals surface area (Å²) >= 11 is 6.24. The summed E-state index contributed by atoms with van der Waals surface area (Å²) < 4.78 is 24.9. The molecule has 29 heavy (non-hydrogen) atoms. The summed E-state index contributed by atoms with van der Waals surface area (Å²) in [6.45, 7) is 4.07. The molecule has 0 aliphatic heterocycles. The highest BCUT2D eigenvalue weighted by molar-refractivity contribution is 6.31. The molecule has 0 aromatic heterocycles. The summed E-state index contributed by atoms with van der Waals surface area (Å²) in [5, 5.41) is 4.05. The lowest BCUT2D eigenvalue weighted by molar-refractivity contribution is 0.266. The summed E-state index contributed by atoms with van der Waals surface area (Å²) in [6, 6.07) is 19.9. The van der Waals surface area contributed by atoms with Crippen molar-refractivity contribution in [2.24, 2.45) is 0 Å². The van der Waals surface area contributed by atoms with Crippen LogP contribution in [0.15, 0.2) is 66.7 Å². The summed E-state index contributed by atoms with van der Waals surface area (Å²) in [6.07, 6.45) is 0. The minimum atomic E-state index is -0.233. The maximum Gasteiger partial charge on any atom is 0.166 e. The Labute approximate surface area is 182 Å². The van der Waals surface area contributed by atoms with Gasteiger partial charge in [-0.1, -0.05) is 54.1 Å². The monoisotopic (exact) mass is 435 g/mol. The van der Waals surface area contributed by atoms with Gasteiger partial charge in [-0.15, -0.1) is 12.4 Å². The first-order valence-corrected chi connectivity index (χ1v) is 9.61. The molecular weight excluding hydrogens is 412 g/mol. The Bertz CT molecular complexity index is 904. The fraction of sp³-hybridized carbons (Fsp3) is 0.217. The predicted octanol–water partition coefficient (Wildman–Crippen LogP) is 6.17. The van der Waals surface area contributed by atoms with E-state index in [1.807, 2.05) is 49.4 Å². The van der Waals surface area contributed by atoms with Crippen molar-refractivity contribution in [2.75, 3.05) is 6.61 Å². The number of halogens is 3. The third kappa shape index (κ3) is 6.64. The zero-order chi connectivity index (χ0) is 19.8. The first-order valence-electron chi connectivity index (χ1n) is 9.23. The normalized spacial score (nSPS) is 10.3. The van der Waals surface area contributed by atoms with Gasteiger partial charge in [-0.25, -0.2) is 4.39 Å². The summed E-state index contributed by atoms with van der Waals surface area (Å²) in [4.78, 5) is 0. The largest absolute Gasteiger partial charge is 0.490 e. The average Bonchev–Trinajstić information content (AvgIpc) is 2.70. The maximum atomic E-state index is 13.0. The Morgan fingerprint density at radius 3 is 2.31 bits per heavy atom. The Morgan fingerprint density at radius 1 is 0.862 bits per heavy atom. The van der Waals surface area contributed by atoms with Gasteiger partial charge in [0.2, 0.25) is 0 Å². The van der Waals surface area contributed by atoms with E-state index in [0.29, 0.717) is 42.8 Å². The smallest absolute Gasteiger partial charge is 0.166 e. The Kier molecular flexibility index (Phi) is 9.26. The molecule has 0 saturated heterocycles. The number of benzene rings is 3. The molecule has 0 aliphatic rings. The number of hydrogen-bond acceptors (Lipinski definition) is 3. The van der Waals surface area contributed by atoms with E-state index in [1.54, 1.807) is 12.1 Å². The van der Waals surface area contributed by atoms with Crippen molar-refractivity contribution in [2.45, 2.75) is 26.6 Å². The minimum absolute atomic E-state index is 0. The predicted molar refractivity (Wildman–Crippen MR) is 118 cm³/mol. The van der Waals surface area contributed by atoms with E-state index in [2.05, 4.69) is 5.32 Å². The Hall–Kier alpha value is -2.27. The average molecular weight is 436 g/mol. The third-order valence-corrected chi connectivity index (χ3v) is 4.62. The molecule has 0 saturated carbocycles. The fourth-order valence-corrected chi connectivity index (χ4v) is 3.03. The zero-order valence-corrected chi connectivity index (χ0v) is 17.7. The van der Waals surface area contributed by atoms with E-state index in [4.69, 9.17) is 21.1 Å². The lowest BCUT2D eigenvalue weighted by Crippen LogP contribution is -2.14. The van der Waals surface area contributed by atoms with Crippen molar-refractivity contribution in [3.05, 3.63) is 94.3 Å². The molecular formula is C23H24Cl2FNO2. The van der Waals surface area contributed by atoms with Crippen LogP contribution in [0.1, 0.15) is 23.6 Å². The van der Waals surface area contributed by atoms with E-state index in [0.717, 1.165) is 16.7 Å². The van der Waals surface area contributed by atoms with Crippen molar-refractivity contribution >= 4 is 24.0 Å². The van der Waals surface area contributed by atoms with Crippen LogP contribution >= 0.6 is 24.0 Å². The van der Waals surface area contributed by atoms with Gasteiger partial charge in [-0.05, 0) is 36.8 Å². The van der Waals surface area contributed by atoms with Gasteiger partial charge >= 0.3 is 0 Å². The molecule has 6 heteroatoms. The molecule has 3 rings (SSSR count). The van der Waals surface area contributed by atoms with Gasteiger partial charge < -0.3 is 14.8 Å². The van der Waals surface area contributed by atoms with Crippen LogP contribution in [0.2, 0.25) is 5.02 Å². The van der Waals surface area contributed by atoms with Gasteiger partial charge in [0.1, 0.15) is 12.4 Å². The van der Waals surface area contributed by atoms with Crippen molar-refractivity contribution in [1.82, 2.24) is 5.32 Å². The molecule has 3 aromatic rings. The van der Waals surface area contributed by atoms with Gasteiger partial charge in [-0.3, -0.25) is 0 Å². The van der Waals surface area contributed by atoms with Crippen molar-refractivity contribution in [1.29, 1.82) is 0 Å². The summed E-state index contributed by atoms with van der Waals surface area (Å²) in [5.41, 5.74) is 2.92. The molecule has 1 N–H and O–H groups in total. The van der Waals surface area contributed by atoms with Crippen LogP contribution in [-0.4, -0.2) is 6.61 Å². The molecule has 0 atom stereocenters. The minimum Gasteiger partial charge on any atom is -0.490 e. The fourth-order valence-electron chi connectivity index (χ4n) is 2.84. The van der Waals surface area contributed by atoms with E-state index in [1.165, 1.54) is 12.1 Å². The number of rotatable bonds is 9. The second-order valence-corrected chi connectivity index (χ2v) is 6.69. The van der Waals surface area contributed by atoms with Crippen LogP contribution < -0.4 is 14.8 Å². The van der Waals surface area contributed by atoms with E-state index in [-0.39, 0.29) is 18.2 Å². The van der Waals surface area contributed by atoms with Crippen molar-refractivity contribution < 1.29 is 13.9 Å². The molecule has 0 unspecified atom stereocenters. The first-order chi connectivity index (χ1) is 13.7. The second kappa shape index (κ2) is 11.7. The molecule has 0 bridgehead atoms. The summed E-state index contributed by atoms with van der Waals surface area (Å²) in [7, 11) is 0. The molecule has 0 aliphatic carbocycles. The van der Waals surface area contributed by atoms with Gasteiger partial charge in [0.25, 0.3) is 0 Å². The molecule has 0 heterocycles. The SMILES string of the molecule is CCOc1cccc(CNCc2ccc(F)cc2)c1OCc1ccccc1Cl.Cl. The zero-order valence-electron chi connectivity index (χ0n) is 16.2. The topological polar surface area (TPSA) is 30.5 Å². The van der Waals surface area contributed by atoms with Crippen LogP contribution in [0, 0.1) is 5.82 Å². The maximum absolute atomic E-state index is 13.0. The van der Waals surface area contributed by atoms with Gasteiger partial charge in [-0.2, -0.15) is 0 Å². The number of hydrogen-bond donors (Lipinski definition) is 1. The van der Waals surface area contributed by atoms with E-state index < -0.39 is 0 Å². The van der Waals surface area contributed by atoms with Gasteiger partial charge in [0.05, 0.1) is 6.61 Å². The molecule has 0 spiro atoms. The van der Waals surface area contributed by atoms with Gasteiger partial charge in [0, 0.05) is 29.2 Å². The molecule has 0 amide bonds. The van der Waals surface area contributed by atoms with Crippen molar-refractivity contribution in [3.63, 3.8) is 0 Å². The summed E-state index contributed by atoms with van der Waals surface area (Å²) in [5.74, 6) is 1.18. The highest BCUT2D eigenvalue weighted by Gasteiger charge is 2.12. The van der Waals surface area contributed by atoms with Gasteiger partial charge in [0.15, 0.2) is 11.5 Å². The molecule has 0 fully saturated rings. The molecule has 3 nitrogen and oxygen atoms in total. The van der Waals surface area contributed by atoms with Crippen LogP contribution in [0.5, 0.6) is 11.5 Å². The number of ether oxygens (including phenoxy) is 2. The quantitative estimate of drug-likeness (QED) is 0.435. The first kappa shape index (κ1) is 23.0. The number of para-hydroxylation sites is 1. The molecule has 3 aromatic carbocycles. The van der Waals surface area contributed by atoms with Crippen LogP contribution in [0.3, 0.4) is 0 Å². The van der Waals surface area contributed by atoms with Crippen LogP contribution in [0.4, 0.5) is 4.39 Å². The Balaban J connectivity index is 0.00000300.